The van der Waals surface area contributed by atoms with Gasteiger partial charge in [-0.3, -0.25) is 14.4 Å². The van der Waals surface area contributed by atoms with Crippen molar-refractivity contribution in [1.82, 2.24) is 10.6 Å². The number of benzene rings is 3. The van der Waals surface area contributed by atoms with Crippen LogP contribution in [0.15, 0.2) is 78.9 Å². The van der Waals surface area contributed by atoms with E-state index in [0.717, 1.165) is 16.8 Å². The van der Waals surface area contributed by atoms with Crippen LogP contribution < -0.4 is 20.3 Å². The highest BCUT2D eigenvalue weighted by Crippen LogP contribution is 2.36. The fraction of sp³-hybridized carbons (Fsp3) is 0.160. The highest BCUT2D eigenvalue weighted by atomic mass is 16.5. The molecule has 0 radical (unpaired) electrons. The summed E-state index contributed by atoms with van der Waals surface area (Å²) in [5, 5.41) is 5.18. The van der Waals surface area contributed by atoms with Gasteiger partial charge in [-0.1, -0.05) is 60.7 Å². The molecule has 1 atom stereocenters. The van der Waals surface area contributed by atoms with Crippen LogP contribution in [0.3, 0.4) is 0 Å². The largest absolute Gasteiger partial charge is 0.497 e. The number of methoxy groups -OCH3 is 1. The average molecular weight is 429 g/mol. The van der Waals surface area contributed by atoms with Crippen molar-refractivity contribution < 1.29 is 19.1 Å². The Morgan fingerprint density at radius 3 is 2.28 bits per heavy atom. The second-order valence-corrected chi connectivity index (χ2v) is 7.41. The first-order valence-corrected chi connectivity index (χ1v) is 10.2. The van der Waals surface area contributed by atoms with Crippen molar-refractivity contribution in [3.63, 3.8) is 0 Å². The second-order valence-electron chi connectivity index (χ2n) is 7.41. The number of hydrogen-bond acceptors (Lipinski definition) is 4. The Hall–Kier alpha value is -4.13. The number of carbonyl (C=O) groups excluding carboxylic acids is 3. The zero-order chi connectivity index (χ0) is 22.5. The molecule has 0 spiro atoms. The monoisotopic (exact) mass is 429 g/mol. The molecule has 0 aromatic heterocycles. The number of nitrogens with zero attached hydrogens (tertiary/aromatic N) is 1. The van der Waals surface area contributed by atoms with Gasteiger partial charge in [0, 0.05) is 17.8 Å². The van der Waals surface area contributed by atoms with Crippen molar-refractivity contribution in [2.45, 2.75) is 19.1 Å². The summed E-state index contributed by atoms with van der Waals surface area (Å²) in [5.41, 5.74) is 3.19. The lowest BCUT2D eigenvalue weighted by atomic mass is 10.1. The summed E-state index contributed by atoms with van der Waals surface area (Å²) in [4.78, 5) is 39.6. The minimum Gasteiger partial charge on any atom is -0.497 e. The minimum atomic E-state index is -0.908. The van der Waals surface area contributed by atoms with Gasteiger partial charge in [0.25, 0.3) is 5.91 Å². The maximum atomic E-state index is 13.1. The van der Waals surface area contributed by atoms with Gasteiger partial charge in [-0.2, -0.15) is 0 Å². The Morgan fingerprint density at radius 2 is 1.56 bits per heavy atom. The van der Waals surface area contributed by atoms with Gasteiger partial charge in [0.1, 0.15) is 11.8 Å². The Kier molecular flexibility index (Phi) is 6.17. The average Bonchev–Trinajstić information content (AvgIpc) is 3.09. The lowest BCUT2D eigenvalue weighted by Gasteiger charge is -2.18. The molecule has 0 fully saturated rings. The van der Waals surface area contributed by atoms with Gasteiger partial charge < -0.3 is 20.3 Å². The summed E-state index contributed by atoms with van der Waals surface area (Å²) in [6.07, 6.45) is 0. The van der Waals surface area contributed by atoms with Gasteiger partial charge in [0.2, 0.25) is 0 Å². The number of anilines is 1. The Morgan fingerprint density at radius 1 is 0.875 bits per heavy atom. The minimum absolute atomic E-state index is 0.186. The van der Waals surface area contributed by atoms with Crippen LogP contribution in [0.25, 0.3) is 0 Å². The smallest absolute Gasteiger partial charge is 0.310 e. The van der Waals surface area contributed by atoms with Crippen LogP contribution in [0.5, 0.6) is 5.75 Å². The standard InChI is InChI=1S/C25H23N3O4/c1-32-19-13-11-17(12-14-19)15-26-23(29)24(30)27-22-20-9-5-6-10-21(20)28(25(22)31)16-18-7-3-2-4-8-18/h2-14,22H,15-16H2,1H3,(H,26,29)(H,27,30)/t22-/m1/s1. The SMILES string of the molecule is COc1ccc(CNC(=O)C(=O)N[C@H]2C(=O)N(Cc3ccccc3)c3ccccc32)cc1. The van der Waals surface area contributed by atoms with Gasteiger partial charge in [0.15, 0.2) is 0 Å². The van der Waals surface area contributed by atoms with Crippen molar-refractivity contribution in [2.24, 2.45) is 0 Å². The highest BCUT2D eigenvalue weighted by molar-refractivity contribution is 6.35. The van der Waals surface area contributed by atoms with Crippen molar-refractivity contribution in [3.8, 4) is 5.75 Å². The van der Waals surface area contributed by atoms with E-state index >= 15 is 0 Å². The van der Waals surface area contributed by atoms with Gasteiger partial charge in [0.05, 0.1) is 13.7 Å². The predicted octanol–water partition coefficient (Wildman–Crippen LogP) is 2.72. The molecule has 3 amide bonds. The Balaban J connectivity index is 1.42. The summed E-state index contributed by atoms with van der Waals surface area (Å²) >= 11 is 0. The molecular weight excluding hydrogens is 406 g/mol. The van der Waals surface area contributed by atoms with Crippen molar-refractivity contribution in [3.05, 3.63) is 95.6 Å². The molecule has 1 aliphatic rings. The molecule has 4 rings (SSSR count). The maximum absolute atomic E-state index is 13.1. The molecular formula is C25H23N3O4. The van der Waals surface area contributed by atoms with E-state index in [1.165, 1.54) is 0 Å². The van der Waals surface area contributed by atoms with Crippen molar-refractivity contribution in [1.29, 1.82) is 0 Å². The molecule has 0 aliphatic carbocycles. The molecule has 3 aromatic rings. The fourth-order valence-corrected chi connectivity index (χ4v) is 3.66. The van der Waals surface area contributed by atoms with Gasteiger partial charge >= 0.3 is 11.8 Å². The van der Waals surface area contributed by atoms with Gasteiger partial charge in [-0.05, 0) is 29.3 Å². The molecule has 7 nitrogen and oxygen atoms in total. The first-order chi connectivity index (χ1) is 15.6. The molecule has 0 saturated carbocycles. The summed E-state index contributed by atoms with van der Waals surface area (Å²) < 4.78 is 5.10. The highest BCUT2D eigenvalue weighted by Gasteiger charge is 2.38. The summed E-state index contributed by atoms with van der Waals surface area (Å²) in [6.45, 7) is 0.568. The third-order valence-electron chi connectivity index (χ3n) is 5.33. The third kappa shape index (κ3) is 4.46. The summed E-state index contributed by atoms with van der Waals surface area (Å²) in [7, 11) is 1.57. The summed E-state index contributed by atoms with van der Waals surface area (Å²) in [6, 6.07) is 23.1. The first-order valence-electron chi connectivity index (χ1n) is 10.2. The van der Waals surface area contributed by atoms with Crippen LogP contribution in [-0.4, -0.2) is 24.8 Å². The van der Waals surface area contributed by atoms with Crippen LogP contribution in [0.2, 0.25) is 0 Å². The van der Waals surface area contributed by atoms with Crippen LogP contribution in [0, 0.1) is 0 Å². The normalized spacial score (nSPS) is 14.6. The van der Waals surface area contributed by atoms with E-state index in [0.29, 0.717) is 17.9 Å². The fourth-order valence-electron chi connectivity index (χ4n) is 3.66. The summed E-state index contributed by atoms with van der Waals surface area (Å²) in [5.74, 6) is -1.22. The number of ether oxygens (including phenoxy) is 1. The van der Waals surface area contributed by atoms with E-state index in [2.05, 4.69) is 10.6 Å². The first kappa shape index (κ1) is 21.1. The van der Waals surface area contributed by atoms with E-state index in [-0.39, 0.29) is 12.5 Å². The number of hydrogen-bond donors (Lipinski definition) is 2. The topological polar surface area (TPSA) is 87.7 Å². The predicted molar refractivity (Wildman–Crippen MR) is 120 cm³/mol. The van der Waals surface area contributed by atoms with E-state index in [1.54, 1.807) is 48.4 Å². The van der Waals surface area contributed by atoms with Crippen molar-refractivity contribution in [2.75, 3.05) is 12.0 Å². The number of amides is 3. The van der Waals surface area contributed by atoms with Crippen LogP contribution in [0.1, 0.15) is 22.7 Å². The third-order valence-corrected chi connectivity index (χ3v) is 5.33. The molecule has 1 aliphatic heterocycles. The van der Waals surface area contributed by atoms with E-state index in [4.69, 9.17) is 4.74 Å². The second kappa shape index (κ2) is 9.34. The van der Waals surface area contributed by atoms with E-state index < -0.39 is 17.9 Å². The van der Waals surface area contributed by atoms with Crippen LogP contribution >= 0.6 is 0 Å². The van der Waals surface area contributed by atoms with Crippen LogP contribution in [-0.2, 0) is 27.5 Å². The molecule has 7 heteroatoms. The van der Waals surface area contributed by atoms with Gasteiger partial charge in [-0.15, -0.1) is 0 Å². The molecule has 3 aromatic carbocycles. The molecule has 0 saturated heterocycles. The number of fused-ring (bicyclic) bond motifs is 1. The molecule has 0 bridgehead atoms. The van der Waals surface area contributed by atoms with Crippen LogP contribution in [0.4, 0.5) is 5.69 Å². The van der Waals surface area contributed by atoms with E-state index in [9.17, 15) is 14.4 Å². The molecule has 2 N–H and O–H groups in total. The lowest BCUT2D eigenvalue weighted by molar-refractivity contribution is -0.140. The lowest BCUT2D eigenvalue weighted by Crippen LogP contribution is -2.44. The number of para-hydroxylation sites is 1. The number of rotatable bonds is 6. The molecule has 1 heterocycles. The van der Waals surface area contributed by atoms with Crippen molar-refractivity contribution >= 4 is 23.4 Å². The Labute approximate surface area is 186 Å². The molecule has 162 valence electrons. The van der Waals surface area contributed by atoms with Gasteiger partial charge in [-0.25, -0.2) is 0 Å². The van der Waals surface area contributed by atoms with E-state index in [1.807, 2.05) is 42.5 Å². The quantitative estimate of drug-likeness (QED) is 0.590. The Bertz CT molecular complexity index is 1130. The zero-order valence-electron chi connectivity index (χ0n) is 17.6. The molecule has 32 heavy (non-hydrogen) atoms. The molecule has 0 unspecified atom stereocenters. The zero-order valence-corrected chi connectivity index (χ0v) is 17.6. The number of nitrogens with one attached hydrogen (secondary N) is 2. The maximum Gasteiger partial charge on any atom is 0.310 e. The number of carbonyl (C=O) groups is 3.